The number of carbonyl (C=O) groups is 1. The number of nitrogens with two attached hydrogens (primary N) is 1. The summed E-state index contributed by atoms with van der Waals surface area (Å²) in [7, 11) is 0. The number of hydrogen-bond acceptors (Lipinski definition) is 2. The smallest absolute Gasteiger partial charge is 0.217 e. The predicted molar refractivity (Wildman–Crippen MR) is 125 cm³/mol. The fourth-order valence-electron chi connectivity index (χ4n) is 3.87. The largest absolute Gasteiger partial charge is 0.370 e. The summed E-state index contributed by atoms with van der Waals surface area (Å²) < 4.78 is 1.13. The molecule has 3 rings (SSSR count). The van der Waals surface area contributed by atoms with Gasteiger partial charge in [0.15, 0.2) is 5.96 Å². The van der Waals surface area contributed by atoms with Crippen molar-refractivity contribution in [1.82, 2.24) is 10.2 Å². The molecule has 0 bridgehead atoms. The number of likely N-dealkylation sites (tertiary alicyclic amines) is 1. The zero-order valence-electron chi connectivity index (χ0n) is 15.9. The van der Waals surface area contributed by atoms with E-state index in [1.807, 2.05) is 0 Å². The lowest BCUT2D eigenvalue weighted by molar-refractivity contribution is -0.119. The molecule has 2 aliphatic rings. The molecule has 1 heterocycles. The summed E-state index contributed by atoms with van der Waals surface area (Å²) in [5.41, 5.74) is 6.96. The van der Waals surface area contributed by atoms with E-state index in [0.29, 0.717) is 12.3 Å². The van der Waals surface area contributed by atoms with Crippen LogP contribution in [0.15, 0.2) is 33.7 Å². The normalized spacial score (nSPS) is 21.3. The Hall–Kier alpha value is -0.830. The van der Waals surface area contributed by atoms with Gasteiger partial charge in [0.2, 0.25) is 5.91 Å². The van der Waals surface area contributed by atoms with Gasteiger partial charge in [-0.25, -0.2) is 0 Å². The van der Waals surface area contributed by atoms with E-state index in [2.05, 4.69) is 57.3 Å². The first kappa shape index (κ1) is 22.5. The van der Waals surface area contributed by atoms with Crippen LogP contribution < -0.4 is 11.1 Å². The lowest BCUT2D eigenvalue weighted by Gasteiger charge is -2.35. The van der Waals surface area contributed by atoms with Gasteiger partial charge in [0.1, 0.15) is 0 Å². The highest BCUT2D eigenvalue weighted by molar-refractivity contribution is 14.0. The van der Waals surface area contributed by atoms with Crippen molar-refractivity contribution >= 4 is 51.8 Å². The number of amides is 1. The summed E-state index contributed by atoms with van der Waals surface area (Å²) in [5, 5.41) is 3.44. The van der Waals surface area contributed by atoms with Crippen molar-refractivity contribution < 1.29 is 4.79 Å². The third-order valence-corrected chi connectivity index (χ3v) is 5.96. The summed E-state index contributed by atoms with van der Waals surface area (Å²) in [6.07, 6.45) is 5.01. The molecule has 3 N–H and O–H groups in total. The van der Waals surface area contributed by atoms with E-state index in [-0.39, 0.29) is 35.3 Å². The summed E-state index contributed by atoms with van der Waals surface area (Å²) in [6, 6.07) is 8.61. The van der Waals surface area contributed by atoms with Crippen LogP contribution in [0.5, 0.6) is 0 Å². The maximum Gasteiger partial charge on any atom is 0.217 e. The predicted octanol–water partition coefficient (Wildman–Crippen LogP) is 3.65. The van der Waals surface area contributed by atoms with E-state index in [1.54, 1.807) is 0 Å². The second-order valence-corrected chi connectivity index (χ2v) is 8.50. The fraction of sp³-hybridized carbons (Fsp3) is 0.600. The molecule has 1 saturated carbocycles. The Morgan fingerprint density at radius 2 is 2.22 bits per heavy atom. The molecule has 150 valence electrons. The molecule has 1 unspecified atom stereocenters. The highest BCUT2D eigenvalue weighted by atomic mass is 127. The van der Waals surface area contributed by atoms with Crippen LogP contribution in [0, 0.1) is 5.92 Å². The van der Waals surface area contributed by atoms with Crippen molar-refractivity contribution in [3.8, 4) is 0 Å². The van der Waals surface area contributed by atoms with Crippen LogP contribution in [0.3, 0.4) is 0 Å². The van der Waals surface area contributed by atoms with Crippen LogP contribution in [-0.2, 0) is 10.2 Å². The Morgan fingerprint density at radius 1 is 1.44 bits per heavy atom. The van der Waals surface area contributed by atoms with Crippen LogP contribution in [0.1, 0.15) is 44.6 Å². The summed E-state index contributed by atoms with van der Waals surface area (Å²) in [6.45, 7) is 5.60. The van der Waals surface area contributed by atoms with Gasteiger partial charge in [-0.1, -0.05) is 28.1 Å². The standard InChI is InChI=1S/C20H29BrN4O.HI/c1-2-23-19(25-10-4-5-15(13-25)11-18(22)26)24-14-20(8-9-20)16-6-3-7-17(21)12-16;/h3,6-7,12,15H,2,4-5,8-11,13-14H2,1H3,(H2,22,26)(H,23,24);1H. The Labute approximate surface area is 187 Å². The van der Waals surface area contributed by atoms with Crippen LogP contribution in [0.2, 0.25) is 0 Å². The number of carbonyl (C=O) groups excluding carboxylic acids is 1. The SMILES string of the molecule is CCNC(=NCC1(c2cccc(Br)c2)CC1)N1CCCC(CC(N)=O)C1.I. The number of nitrogens with one attached hydrogen (secondary N) is 1. The third kappa shape index (κ3) is 6.07. The molecule has 5 nitrogen and oxygen atoms in total. The maximum atomic E-state index is 11.3. The molecule has 0 radical (unpaired) electrons. The lowest BCUT2D eigenvalue weighted by atomic mass is 9.94. The number of guanidine groups is 1. The van der Waals surface area contributed by atoms with E-state index < -0.39 is 0 Å². The average Bonchev–Trinajstić information content (AvgIpc) is 3.39. The van der Waals surface area contributed by atoms with Crippen LogP contribution in [-0.4, -0.2) is 42.9 Å². The molecule has 2 fully saturated rings. The zero-order chi connectivity index (χ0) is 18.6. The Balaban J connectivity index is 0.00000261. The van der Waals surface area contributed by atoms with Gasteiger partial charge in [-0.15, -0.1) is 24.0 Å². The Kier molecular flexibility index (Phi) is 8.39. The highest BCUT2D eigenvalue weighted by Crippen LogP contribution is 2.48. The van der Waals surface area contributed by atoms with E-state index in [1.165, 1.54) is 18.4 Å². The molecule has 1 atom stereocenters. The molecule has 0 aromatic heterocycles. The first-order chi connectivity index (χ1) is 12.5. The minimum absolute atomic E-state index is 0. The third-order valence-electron chi connectivity index (χ3n) is 5.47. The van der Waals surface area contributed by atoms with Crippen molar-refractivity contribution in [2.75, 3.05) is 26.2 Å². The van der Waals surface area contributed by atoms with Gasteiger partial charge in [-0.2, -0.15) is 0 Å². The molecular weight excluding hydrogens is 519 g/mol. The summed E-state index contributed by atoms with van der Waals surface area (Å²) >= 11 is 3.58. The van der Waals surface area contributed by atoms with Gasteiger partial charge in [0.25, 0.3) is 0 Å². The second-order valence-electron chi connectivity index (χ2n) is 7.59. The minimum Gasteiger partial charge on any atom is -0.370 e. The number of hydrogen-bond donors (Lipinski definition) is 2. The van der Waals surface area contributed by atoms with Gasteiger partial charge in [-0.05, 0) is 56.2 Å². The molecule has 7 heteroatoms. The number of rotatable bonds is 6. The lowest BCUT2D eigenvalue weighted by Crippen LogP contribution is -2.47. The van der Waals surface area contributed by atoms with Gasteiger partial charge >= 0.3 is 0 Å². The van der Waals surface area contributed by atoms with Crippen LogP contribution in [0.25, 0.3) is 0 Å². The Morgan fingerprint density at radius 3 is 2.85 bits per heavy atom. The summed E-state index contributed by atoms with van der Waals surface area (Å²) in [5.74, 6) is 1.11. The van der Waals surface area contributed by atoms with E-state index in [4.69, 9.17) is 10.7 Å². The van der Waals surface area contributed by atoms with E-state index >= 15 is 0 Å². The van der Waals surface area contributed by atoms with Crippen molar-refractivity contribution in [1.29, 1.82) is 0 Å². The van der Waals surface area contributed by atoms with E-state index in [0.717, 1.165) is 49.5 Å². The van der Waals surface area contributed by atoms with Crippen molar-refractivity contribution in [2.24, 2.45) is 16.6 Å². The van der Waals surface area contributed by atoms with Crippen molar-refractivity contribution in [2.45, 2.75) is 44.4 Å². The average molecular weight is 549 g/mol. The molecule has 1 aliphatic carbocycles. The number of benzene rings is 1. The molecule has 27 heavy (non-hydrogen) atoms. The van der Waals surface area contributed by atoms with E-state index in [9.17, 15) is 4.79 Å². The zero-order valence-corrected chi connectivity index (χ0v) is 19.8. The first-order valence-corrected chi connectivity index (χ1v) is 10.4. The number of nitrogens with zero attached hydrogens (tertiary/aromatic N) is 2. The van der Waals surface area contributed by atoms with Gasteiger partial charge in [0.05, 0.1) is 6.54 Å². The molecule has 1 saturated heterocycles. The van der Waals surface area contributed by atoms with Crippen molar-refractivity contribution in [3.05, 3.63) is 34.3 Å². The molecule has 1 aliphatic heterocycles. The molecule has 1 aromatic carbocycles. The highest BCUT2D eigenvalue weighted by Gasteiger charge is 2.44. The van der Waals surface area contributed by atoms with Crippen LogP contribution in [0.4, 0.5) is 0 Å². The number of halogens is 2. The maximum absolute atomic E-state index is 11.3. The molecule has 1 amide bonds. The van der Waals surface area contributed by atoms with Gasteiger partial charge < -0.3 is 16.0 Å². The molecule has 1 aromatic rings. The Bertz CT molecular complexity index is 678. The van der Waals surface area contributed by atoms with Crippen molar-refractivity contribution in [3.63, 3.8) is 0 Å². The first-order valence-electron chi connectivity index (χ1n) is 9.60. The minimum atomic E-state index is -0.203. The monoisotopic (exact) mass is 548 g/mol. The fourth-order valence-corrected chi connectivity index (χ4v) is 4.27. The molecule has 0 spiro atoms. The number of primary amides is 1. The number of aliphatic imine (C=N–C) groups is 1. The van der Waals surface area contributed by atoms with Gasteiger partial charge in [0, 0.05) is 35.9 Å². The van der Waals surface area contributed by atoms with Crippen LogP contribution >= 0.6 is 39.9 Å². The number of piperidine rings is 1. The quantitative estimate of drug-likeness (QED) is 0.324. The topological polar surface area (TPSA) is 70.7 Å². The summed E-state index contributed by atoms with van der Waals surface area (Å²) in [4.78, 5) is 18.6. The second kappa shape index (κ2) is 10.1. The molecular formula is C20H30BrIN4O. The van der Waals surface area contributed by atoms with Gasteiger partial charge in [-0.3, -0.25) is 9.79 Å².